The second-order valence-corrected chi connectivity index (χ2v) is 13.9. The molecule has 0 saturated heterocycles. The maximum Gasteiger partial charge on any atom is 0.118 e. The van der Waals surface area contributed by atoms with Gasteiger partial charge in [0.1, 0.15) is 12.2 Å². The van der Waals surface area contributed by atoms with E-state index in [1.165, 1.54) is 72.2 Å². The Bertz CT molecular complexity index is 721. The lowest BCUT2D eigenvalue weighted by molar-refractivity contribution is 0.0249. The Hall–Kier alpha value is 0.280. The molecule has 0 fully saturated rings. The lowest BCUT2D eigenvalue weighted by atomic mass is 9.92. The van der Waals surface area contributed by atoms with Crippen LogP contribution in [0.3, 0.4) is 0 Å². The molecular weight excluding hydrogens is 568 g/mol. The first-order valence-electron chi connectivity index (χ1n) is 12.3. The summed E-state index contributed by atoms with van der Waals surface area (Å²) in [6.45, 7) is 10.8. The van der Waals surface area contributed by atoms with Crippen molar-refractivity contribution < 1.29 is 9.47 Å². The maximum atomic E-state index is 6.68. The zero-order chi connectivity index (χ0) is 23.1. The summed E-state index contributed by atoms with van der Waals surface area (Å²) in [5.41, 5.74) is 2.58. The van der Waals surface area contributed by atoms with Gasteiger partial charge in [-0.05, 0) is 68.7 Å². The number of thiophene rings is 2. The van der Waals surface area contributed by atoms with Crippen molar-refractivity contribution in [2.45, 2.75) is 91.3 Å². The van der Waals surface area contributed by atoms with E-state index in [1.807, 2.05) is 0 Å². The Labute approximate surface area is 219 Å². The molecule has 0 spiro atoms. The van der Waals surface area contributed by atoms with Gasteiger partial charge in [-0.1, -0.05) is 66.2 Å². The summed E-state index contributed by atoms with van der Waals surface area (Å²) in [5, 5.41) is 0. The van der Waals surface area contributed by atoms with Crippen LogP contribution in [0.5, 0.6) is 0 Å². The first-order valence-corrected chi connectivity index (χ1v) is 15.5. The SMILES string of the molecule is CCCCC(CC)COC1c2cc(Br)sc2C(OCC(CC)CCCC)c2cc(Br)sc21. The highest BCUT2D eigenvalue weighted by atomic mass is 79.9. The summed E-state index contributed by atoms with van der Waals surface area (Å²) in [6, 6.07) is 4.53. The van der Waals surface area contributed by atoms with Crippen molar-refractivity contribution in [1.82, 2.24) is 0 Å². The number of rotatable bonds is 14. The van der Waals surface area contributed by atoms with E-state index in [2.05, 4.69) is 71.7 Å². The monoisotopic (exact) mass is 604 g/mol. The van der Waals surface area contributed by atoms with Crippen LogP contribution in [0.4, 0.5) is 0 Å². The molecule has 4 unspecified atom stereocenters. The quantitative estimate of drug-likeness (QED) is 0.213. The summed E-state index contributed by atoms with van der Waals surface area (Å²) in [4.78, 5) is 2.62. The van der Waals surface area contributed by atoms with Crippen LogP contribution < -0.4 is 0 Å². The van der Waals surface area contributed by atoms with Crippen molar-refractivity contribution >= 4 is 54.5 Å². The first-order chi connectivity index (χ1) is 15.5. The molecule has 6 heteroatoms. The number of hydrogen-bond donors (Lipinski definition) is 0. The first kappa shape index (κ1) is 26.9. The number of hydrogen-bond acceptors (Lipinski definition) is 4. The van der Waals surface area contributed by atoms with Crippen LogP contribution in [0, 0.1) is 11.8 Å². The van der Waals surface area contributed by atoms with E-state index in [1.54, 1.807) is 22.7 Å². The van der Waals surface area contributed by atoms with E-state index in [0.717, 1.165) is 20.8 Å². The molecule has 2 aromatic rings. The smallest absolute Gasteiger partial charge is 0.118 e. The Kier molecular flexibility index (Phi) is 11.2. The van der Waals surface area contributed by atoms with Crippen LogP contribution in [0.25, 0.3) is 0 Å². The van der Waals surface area contributed by atoms with Gasteiger partial charge in [-0.2, -0.15) is 0 Å². The fourth-order valence-corrected chi connectivity index (χ4v) is 7.97. The summed E-state index contributed by atoms with van der Waals surface area (Å²) in [5.74, 6) is 1.26. The Morgan fingerprint density at radius 2 is 1.16 bits per heavy atom. The molecule has 0 bridgehead atoms. The second-order valence-electron chi connectivity index (χ2n) is 9.00. The van der Waals surface area contributed by atoms with Gasteiger partial charge in [0, 0.05) is 20.9 Å². The summed E-state index contributed by atoms with van der Waals surface area (Å²) in [7, 11) is 0. The van der Waals surface area contributed by atoms with Crippen molar-refractivity contribution in [3.8, 4) is 0 Å². The zero-order valence-corrected chi connectivity index (χ0v) is 24.7. The van der Waals surface area contributed by atoms with Gasteiger partial charge >= 0.3 is 0 Å². The molecule has 1 aliphatic carbocycles. The molecule has 2 heterocycles. The lowest BCUT2D eigenvalue weighted by Gasteiger charge is -2.31. The third-order valence-corrected chi connectivity index (χ3v) is 10.0. The summed E-state index contributed by atoms with van der Waals surface area (Å²) in [6.07, 6.45) is 9.94. The van der Waals surface area contributed by atoms with Crippen molar-refractivity contribution in [1.29, 1.82) is 0 Å². The van der Waals surface area contributed by atoms with E-state index in [-0.39, 0.29) is 12.2 Å². The Balaban J connectivity index is 1.82. The van der Waals surface area contributed by atoms with Crippen LogP contribution in [0.2, 0.25) is 0 Å². The standard InChI is InChI=1S/C26H38Br2O2S2/c1-5-9-11-17(7-3)15-29-23-19-13-21(27)32-26(19)24(20-14-22(28)31-25(20)23)30-16-18(8-4)12-10-6-2/h13-14,17-18,23-24H,5-12,15-16H2,1-4H3. The molecule has 0 amide bonds. The highest BCUT2D eigenvalue weighted by Crippen LogP contribution is 2.52. The Morgan fingerprint density at radius 1 is 0.750 bits per heavy atom. The molecule has 0 saturated carbocycles. The van der Waals surface area contributed by atoms with Crippen LogP contribution in [-0.2, 0) is 9.47 Å². The minimum Gasteiger partial charge on any atom is -0.368 e. The van der Waals surface area contributed by atoms with Crippen LogP contribution in [0.1, 0.15) is 112 Å². The minimum absolute atomic E-state index is 0.0106. The van der Waals surface area contributed by atoms with E-state index >= 15 is 0 Å². The summed E-state index contributed by atoms with van der Waals surface area (Å²) < 4.78 is 15.7. The third-order valence-electron chi connectivity index (χ3n) is 6.65. The average molecular weight is 607 g/mol. The van der Waals surface area contributed by atoms with Gasteiger partial charge < -0.3 is 9.47 Å². The molecule has 0 N–H and O–H groups in total. The zero-order valence-electron chi connectivity index (χ0n) is 19.9. The molecule has 180 valence electrons. The van der Waals surface area contributed by atoms with Gasteiger partial charge in [0.15, 0.2) is 0 Å². The molecule has 0 radical (unpaired) electrons. The van der Waals surface area contributed by atoms with Crippen LogP contribution in [0.15, 0.2) is 19.7 Å². The number of fused-ring (bicyclic) bond motifs is 2. The molecule has 3 rings (SSSR count). The van der Waals surface area contributed by atoms with Gasteiger partial charge in [-0.3, -0.25) is 0 Å². The predicted molar refractivity (Wildman–Crippen MR) is 146 cm³/mol. The lowest BCUT2D eigenvalue weighted by Crippen LogP contribution is -2.22. The largest absolute Gasteiger partial charge is 0.368 e. The van der Waals surface area contributed by atoms with E-state index in [0.29, 0.717) is 11.8 Å². The normalized spacial score (nSPS) is 19.6. The average Bonchev–Trinajstić information content (AvgIpc) is 3.36. The van der Waals surface area contributed by atoms with Crippen molar-refractivity contribution in [2.75, 3.05) is 13.2 Å². The van der Waals surface area contributed by atoms with Gasteiger partial charge in [-0.15, -0.1) is 22.7 Å². The van der Waals surface area contributed by atoms with E-state index < -0.39 is 0 Å². The fraction of sp³-hybridized carbons (Fsp3) is 0.692. The molecule has 32 heavy (non-hydrogen) atoms. The van der Waals surface area contributed by atoms with Crippen LogP contribution >= 0.6 is 54.5 Å². The second kappa shape index (κ2) is 13.4. The van der Waals surface area contributed by atoms with Gasteiger partial charge in [0.05, 0.1) is 20.8 Å². The van der Waals surface area contributed by atoms with Gasteiger partial charge in [-0.25, -0.2) is 0 Å². The molecular formula is C26H38Br2O2S2. The van der Waals surface area contributed by atoms with Gasteiger partial charge in [0.2, 0.25) is 0 Å². The van der Waals surface area contributed by atoms with Gasteiger partial charge in [0.25, 0.3) is 0 Å². The Morgan fingerprint density at radius 3 is 1.50 bits per heavy atom. The topological polar surface area (TPSA) is 18.5 Å². The predicted octanol–water partition coefficient (Wildman–Crippen LogP) is 10.3. The van der Waals surface area contributed by atoms with Crippen molar-refractivity contribution in [3.05, 3.63) is 40.6 Å². The molecule has 0 aromatic carbocycles. The number of halogens is 2. The number of unbranched alkanes of at least 4 members (excludes halogenated alkanes) is 2. The molecule has 2 aromatic heterocycles. The van der Waals surface area contributed by atoms with E-state index in [9.17, 15) is 0 Å². The van der Waals surface area contributed by atoms with Crippen molar-refractivity contribution in [2.24, 2.45) is 11.8 Å². The number of ether oxygens (including phenoxy) is 2. The van der Waals surface area contributed by atoms with E-state index in [4.69, 9.17) is 9.47 Å². The summed E-state index contributed by atoms with van der Waals surface area (Å²) >= 11 is 11.1. The van der Waals surface area contributed by atoms with Crippen molar-refractivity contribution in [3.63, 3.8) is 0 Å². The molecule has 1 aliphatic rings. The maximum absolute atomic E-state index is 6.68. The highest BCUT2D eigenvalue weighted by Gasteiger charge is 2.38. The fourth-order valence-electron chi connectivity index (χ4n) is 4.47. The third kappa shape index (κ3) is 6.69. The van der Waals surface area contributed by atoms with Crippen LogP contribution in [-0.4, -0.2) is 13.2 Å². The minimum atomic E-state index is 0.0106. The highest BCUT2D eigenvalue weighted by molar-refractivity contribution is 9.11. The molecule has 2 nitrogen and oxygen atoms in total. The molecule has 0 aliphatic heterocycles. The molecule has 4 atom stereocenters.